The molecule has 0 aliphatic rings. The summed E-state index contributed by atoms with van der Waals surface area (Å²) in [6.45, 7) is 1.90. The molecule has 2 rings (SSSR count). The monoisotopic (exact) mass is 256 g/mol. The average Bonchev–Trinajstić information content (AvgIpc) is 2.82. The van der Waals surface area contributed by atoms with Gasteiger partial charge in [-0.1, -0.05) is 12.1 Å². The van der Waals surface area contributed by atoms with Crippen LogP contribution < -0.4 is 5.32 Å². The number of anilines is 1. The zero-order valence-electron chi connectivity index (χ0n) is 10.3. The van der Waals surface area contributed by atoms with Crippen molar-refractivity contribution < 1.29 is 9.53 Å². The summed E-state index contributed by atoms with van der Waals surface area (Å²) < 4.78 is 4.74. The molecule has 0 saturated heterocycles. The van der Waals surface area contributed by atoms with Crippen LogP contribution in [0, 0.1) is 11.3 Å². The number of imidazole rings is 1. The highest BCUT2D eigenvalue weighted by atomic mass is 16.5. The second-order valence-electron chi connectivity index (χ2n) is 3.64. The summed E-state index contributed by atoms with van der Waals surface area (Å²) in [5.41, 5.74) is 1.56. The number of carbonyl (C=O) groups excluding carboxylic acids is 1. The van der Waals surface area contributed by atoms with Crippen molar-refractivity contribution in [3.8, 4) is 6.07 Å². The molecule has 0 fully saturated rings. The second kappa shape index (κ2) is 5.69. The third-order valence-electron chi connectivity index (χ3n) is 2.36. The zero-order chi connectivity index (χ0) is 13.7. The lowest BCUT2D eigenvalue weighted by atomic mass is 10.3. The summed E-state index contributed by atoms with van der Waals surface area (Å²) in [5.74, 6) is -0.202. The van der Waals surface area contributed by atoms with Crippen molar-refractivity contribution in [1.82, 2.24) is 9.97 Å². The maximum Gasteiger partial charge on any atom is 0.350 e. The molecule has 0 spiro atoms. The molecular formula is C13H12N4O2. The Morgan fingerprint density at radius 3 is 3.05 bits per heavy atom. The summed E-state index contributed by atoms with van der Waals surface area (Å²) in [4.78, 5) is 18.7. The summed E-state index contributed by atoms with van der Waals surface area (Å²) in [7, 11) is 0. The van der Waals surface area contributed by atoms with Gasteiger partial charge in [0, 0.05) is 6.20 Å². The molecule has 0 unspecified atom stereocenters. The molecule has 0 saturated carbocycles. The van der Waals surface area contributed by atoms with Crippen molar-refractivity contribution >= 4 is 23.0 Å². The Hall–Kier alpha value is -2.81. The van der Waals surface area contributed by atoms with E-state index in [1.54, 1.807) is 13.0 Å². The molecule has 0 aliphatic carbocycles. The fourth-order valence-electron chi connectivity index (χ4n) is 1.51. The molecule has 0 aliphatic heterocycles. The van der Waals surface area contributed by atoms with Crippen LogP contribution in [0.25, 0.3) is 11.0 Å². The van der Waals surface area contributed by atoms with Crippen LogP contribution in [0.15, 0.2) is 36.0 Å². The molecule has 0 amide bonds. The van der Waals surface area contributed by atoms with Gasteiger partial charge in [-0.15, -0.1) is 0 Å². The predicted molar refractivity (Wildman–Crippen MR) is 70.0 cm³/mol. The number of aromatic nitrogens is 2. The molecule has 0 radical (unpaired) electrons. The first kappa shape index (κ1) is 12.6. The third-order valence-corrected chi connectivity index (χ3v) is 2.36. The first-order valence-electron chi connectivity index (χ1n) is 5.73. The van der Waals surface area contributed by atoms with Crippen LogP contribution in [0.3, 0.4) is 0 Å². The van der Waals surface area contributed by atoms with E-state index in [9.17, 15) is 4.79 Å². The van der Waals surface area contributed by atoms with Gasteiger partial charge in [0.15, 0.2) is 5.57 Å². The number of benzene rings is 1. The number of esters is 1. The van der Waals surface area contributed by atoms with Crippen molar-refractivity contribution in [2.75, 3.05) is 11.9 Å². The highest BCUT2D eigenvalue weighted by Gasteiger charge is 2.09. The van der Waals surface area contributed by atoms with E-state index < -0.39 is 5.97 Å². The Balaban J connectivity index is 2.16. The van der Waals surface area contributed by atoms with Crippen LogP contribution in [0.1, 0.15) is 6.92 Å². The average molecular weight is 256 g/mol. The van der Waals surface area contributed by atoms with E-state index in [0.29, 0.717) is 5.95 Å². The van der Waals surface area contributed by atoms with E-state index in [4.69, 9.17) is 10.00 Å². The number of nitrogens with zero attached hydrogens (tertiary/aromatic N) is 2. The topological polar surface area (TPSA) is 90.8 Å². The molecule has 96 valence electrons. The number of H-pyrrole nitrogens is 1. The van der Waals surface area contributed by atoms with Crippen molar-refractivity contribution in [3.63, 3.8) is 0 Å². The lowest BCUT2D eigenvalue weighted by Gasteiger charge is -1.99. The minimum atomic E-state index is -0.659. The molecule has 19 heavy (non-hydrogen) atoms. The zero-order valence-corrected chi connectivity index (χ0v) is 10.3. The maximum atomic E-state index is 11.4. The van der Waals surface area contributed by atoms with Gasteiger partial charge in [-0.05, 0) is 19.1 Å². The van der Waals surface area contributed by atoms with E-state index in [0.717, 1.165) is 11.0 Å². The molecule has 6 heteroatoms. The summed E-state index contributed by atoms with van der Waals surface area (Å²) in [6, 6.07) is 9.28. The molecule has 2 N–H and O–H groups in total. The van der Waals surface area contributed by atoms with E-state index in [1.165, 1.54) is 6.20 Å². The molecule has 2 aromatic rings. The van der Waals surface area contributed by atoms with Crippen molar-refractivity contribution in [2.45, 2.75) is 6.92 Å². The number of hydrogen-bond acceptors (Lipinski definition) is 5. The number of para-hydroxylation sites is 2. The van der Waals surface area contributed by atoms with Crippen LogP contribution in [0.5, 0.6) is 0 Å². The van der Waals surface area contributed by atoms with E-state index in [-0.39, 0.29) is 12.2 Å². The first-order valence-corrected chi connectivity index (χ1v) is 5.73. The summed E-state index contributed by atoms with van der Waals surface area (Å²) >= 11 is 0. The van der Waals surface area contributed by atoms with Crippen LogP contribution in [0.2, 0.25) is 0 Å². The Morgan fingerprint density at radius 2 is 2.37 bits per heavy atom. The standard InChI is InChI=1S/C13H12N4O2/c1-2-19-12(18)9(7-14)8-15-13-16-10-5-3-4-6-11(10)17-13/h3-6,8H,2H2,1H3,(H2,15,16,17). The van der Waals surface area contributed by atoms with Gasteiger partial charge in [0.2, 0.25) is 5.95 Å². The number of nitrogens with one attached hydrogen (secondary N) is 2. The highest BCUT2D eigenvalue weighted by molar-refractivity contribution is 5.93. The maximum absolute atomic E-state index is 11.4. The lowest BCUT2D eigenvalue weighted by molar-refractivity contribution is -0.138. The van der Waals surface area contributed by atoms with E-state index in [2.05, 4.69) is 15.3 Å². The first-order chi connectivity index (χ1) is 9.24. The van der Waals surface area contributed by atoms with Gasteiger partial charge in [-0.25, -0.2) is 9.78 Å². The van der Waals surface area contributed by atoms with Gasteiger partial charge in [0.05, 0.1) is 17.6 Å². The largest absolute Gasteiger partial charge is 0.462 e. The Kier molecular flexibility index (Phi) is 3.78. The number of aromatic amines is 1. The van der Waals surface area contributed by atoms with Gasteiger partial charge in [-0.2, -0.15) is 5.26 Å². The smallest absolute Gasteiger partial charge is 0.350 e. The van der Waals surface area contributed by atoms with Gasteiger partial charge in [0.1, 0.15) is 6.07 Å². The molecule has 1 heterocycles. The van der Waals surface area contributed by atoms with Gasteiger partial charge >= 0.3 is 5.97 Å². The summed E-state index contributed by atoms with van der Waals surface area (Å²) in [6.07, 6.45) is 1.27. The van der Waals surface area contributed by atoms with E-state index in [1.807, 2.05) is 24.3 Å². The number of nitriles is 1. The summed E-state index contributed by atoms with van der Waals surface area (Å²) in [5, 5.41) is 11.6. The van der Waals surface area contributed by atoms with Crippen LogP contribution in [-0.2, 0) is 9.53 Å². The third kappa shape index (κ3) is 2.90. The van der Waals surface area contributed by atoms with Crippen molar-refractivity contribution in [1.29, 1.82) is 5.26 Å². The minimum absolute atomic E-state index is 0.109. The molecule has 0 atom stereocenters. The van der Waals surface area contributed by atoms with Crippen LogP contribution >= 0.6 is 0 Å². The predicted octanol–water partition coefficient (Wildman–Crippen LogP) is 1.95. The number of fused-ring (bicyclic) bond motifs is 1. The number of ether oxygens (including phenoxy) is 1. The Labute approximate surface area is 109 Å². The normalized spacial score (nSPS) is 11.1. The van der Waals surface area contributed by atoms with Gasteiger partial charge in [-0.3, -0.25) is 0 Å². The minimum Gasteiger partial charge on any atom is -0.462 e. The van der Waals surface area contributed by atoms with Gasteiger partial charge in [0.25, 0.3) is 0 Å². The molecule has 0 bridgehead atoms. The Bertz CT molecular complexity index is 634. The number of hydrogen-bond donors (Lipinski definition) is 2. The fourth-order valence-corrected chi connectivity index (χ4v) is 1.51. The number of rotatable bonds is 4. The molecule has 1 aromatic carbocycles. The number of carbonyl (C=O) groups is 1. The highest BCUT2D eigenvalue weighted by Crippen LogP contribution is 2.13. The molecule has 1 aromatic heterocycles. The fraction of sp³-hybridized carbons (Fsp3) is 0.154. The van der Waals surface area contributed by atoms with E-state index >= 15 is 0 Å². The Morgan fingerprint density at radius 1 is 1.58 bits per heavy atom. The quantitative estimate of drug-likeness (QED) is 0.495. The SMILES string of the molecule is CCOC(=O)C(C#N)=CNc1nc2ccccc2[nH]1. The molecule has 6 nitrogen and oxygen atoms in total. The van der Waals surface area contributed by atoms with Gasteiger partial charge < -0.3 is 15.0 Å². The van der Waals surface area contributed by atoms with Crippen LogP contribution in [0.4, 0.5) is 5.95 Å². The molecular weight excluding hydrogens is 244 g/mol. The lowest BCUT2D eigenvalue weighted by Crippen LogP contribution is -2.08. The van der Waals surface area contributed by atoms with Crippen molar-refractivity contribution in [3.05, 3.63) is 36.0 Å². The van der Waals surface area contributed by atoms with Crippen molar-refractivity contribution in [2.24, 2.45) is 0 Å². The van der Waals surface area contributed by atoms with Crippen LogP contribution in [-0.4, -0.2) is 22.5 Å². The second-order valence-corrected chi connectivity index (χ2v) is 3.64.